The topological polar surface area (TPSA) is 66.5 Å². The van der Waals surface area contributed by atoms with Crippen LogP contribution in [0.4, 0.5) is 5.69 Å². The van der Waals surface area contributed by atoms with Crippen LogP contribution in [0.15, 0.2) is 48.5 Å². The number of hydrogen-bond acceptors (Lipinski definition) is 3. The lowest BCUT2D eigenvalue weighted by molar-refractivity contribution is 0.0785. The van der Waals surface area contributed by atoms with Crippen LogP contribution in [0.25, 0.3) is 0 Å². The van der Waals surface area contributed by atoms with E-state index < -0.39 is 10.0 Å². The van der Waals surface area contributed by atoms with E-state index in [-0.39, 0.29) is 16.6 Å². The van der Waals surface area contributed by atoms with Gasteiger partial charge in [-0.1, -0.05) is 41.9 Å². The van der Waals surface area contributed by atoms with Gasteiger partial charge in [-0.3, -0.25) is 9.52 Å². The average Bonchev–Trinajstić information content (AvgIpc) is 2.48. The molecular formula is C16H17ClN2O3S. The highest BCUT2D eigenvalue weighted by atomic mass is 35.5. The molecule has 2 aromatic carbocycles. The number of nitrogens with one attached hydrogen (secondary N) is 1. The number of nitrogens with zero attached hydrogens (tertiary/aromatic N) is 1. The van der Waals surface area contributed by atoms with Gasteiger partial charge in [-0.05, 0) is 23.8 Å². The minimum absolute atomic E-state index is 0.188. The quantitative estimate of drug-likeness (QED) is 0.899. The van der Waals surface area contributed by atoms with Gasteiger partial charge in [0.2, 0.25) is 10.0 Å². The molecule has 1 amide bonds. The normalized spacial score (nSPS) is 11.1. The van der Waals surface area contributed by atoms with E-state index in [9.17, 15) is 13.2 Å². The van der Waals surface area contributed by atoms with Crippen molar-refractivity contribution in [3.63, 3.8) is 0 Å². The summed E-state index contributed by atoms with van der Waals surface area (Å²) in [6, 6.07) is 14.1. The lowest BCUT2D eigenvalue weighted by atomic mass is 10.1. The molecule has 2 rings (SSSR count). The third-order valence-corrected chi connectivity index (χ3v) is 4.04. The van der Waals surface area contributed by atoms with Crippen LogP contribution in [-0.2, 0) is 16.6 Å². The Bertz CT molecular complexity index is 807. The zero-order chi connectivity index (χ0) is 17.0. The first kappa shape index (κ1) is 17.3. The molecular weight excluding hydrogens is 336 g/mol. The molecule has 7 heteroatoms. The summed E-state index contributed by atoms with van der Waals surface area (Å²) in [5.41, 5.74) is 1.55. The molecule has 0 unspecified atom stereocenters. The third-order valence-electron chi connectivity index (χ3n) is 3.12. The van der Waals surface area contributed by atoms with Crippen molar-refractivity contribution in [2.24, 2.45) is 0 Å². The summed E-state index contributed by atoms with van der Waals surface area (Å²) < 4.78 is 25.0. The van der Waals surface area contributed by atoms with E-state index >= 15 is 0 Å². The van der Waals surface area contributed by atoms with Crippen molar-refractivity contribution < 1.29 is 13.2 Å². The molecule has 122 valence electrons. The fourth-order valence-corrected chi connectivity index (χ4v) is 2.87. The molecule has 2 aromatic rings. The molecule has 1 N–H and O–H groups in total. The van der Waals surface area contributed by atoms with E-state index in [1.807, 2.05) is 30.3 Å². The first-order chi connectivity index (χ1) is 10.8. The van der Waals surface area contributed by atoms with Gasteiger partial charge in [-0.15, -0.1) is 0 Å². The number of sulfonamides is 1. The van der Waals surface area contributed by atoms with Crippen molar-refractivity contribution >= 4 is 33.2 Å². The van der Waals surface area contributed by atoms with E-state index in [1.165, 1.54) is 12.1 Å². The summed E-state index contributed by atoms with van der Waals surface area (Å²) in [5.74, 6) is -0.220. The smallest absolute Gasteiger partial charge is 0.253 e. The molecule has 0 aliphatic carbocycles. The van der Waals surface area contributed by atoms with Gasteiger partial charge in [0.25, 0.3) is 5.91 Å². The summed E-state index contributed by atoms with van der Waals surface area (Å²) in [5, 5.41) is 0.234. The summed E-state index contributed by atoms with van der Waals surface area (Å²) in [4.78, 5) is 14.0. The predicted octanol–water partition coefficient (Wildman–Crippen LogP) is 2.98. The van der Waals surface area contributed by atoms with Crippen molar-refractivity contribution in [2.75, 3.05) is 18.0 Å². The van der Waals surface area contributed by atoms with Crippen LogP contribution in [0.3, 0.4) is 0 Å². The number of carbonyl (C=O) groups excluding carboxylic acids is 1. The van der Waals surface area contributed by atoms with Gasteiger partial charge < -0.3 is 4.90 Å². The first-order valence-corrected chi connectivity index (χ1v) is 9.10. The van der Waals surface area contributed by atoms with Crippen molar-refractivity contribution in [1.29, 1.82) is 0 Å². The van der Waals surface area contributed by atoms with Gasteiger partial charge in [-0.2, -0.15) is 0 Å². The highest BCUT2D eigenvalue weighted by molar-refractivity contribution is 7.92. The second-order valence-corrected chi connectivity index (χ2v) is 7.37. The minimum atomic E-state index is -3.47. The Morgan fingerprint density at radius 1 is 1.17 bits per heavy atom. The van der Waals surface area contributed by atoms with Crippen molar-refractivity contribution in [3.05, 3.63) is 64.7 Å². The summed E-state index contributed by atoms with van der Waals surface area (Å²) >= 11 is 5.96. The number of carbonyl (C=O) groups is 1. The Morgan fingerprint density at radius 3 is 2.43 bits per heavy atom. The van der Waals surface area contributed by atoms with Gasteiger partial charge in [0.05, 0.1) is 17.0 Å². The third kappa shape index (κ3) is 4.97. The summed E-state index contributed by atoms with van der Waals surface area (Å²) in [7, 11) is -1.78. The van der Waals surface area contributed by atoms with Crippen LogP contribution in [0.1, 0.15) is 15.9 Å². The van der Waals surface area contributed by atoms with Crippen molar-refractivity contribution in [2.45, 2.75) is 6.54 Å². The Hall–Kier alpha value is -2.05. The van der Waals surface area contributed by atoms with E-state index in [0.717, 1.165) is 11.8 Å². The highest BCUT2D eigenvalue weighted by Crippen LogP contribution is 2.24. The second-order valence-electron chi connectivity index (χ2n) is 5.22. The van der Waals surface area contributed by atoms with Gasteiger partial charge in [0, 0.05) is 19.2 Å². The van der Waals surface area contributed by atoms with E-state index in [4.69, 9.17) is 11.6 Å². The molecule has 0 radical (unpaired) electrons. The molecule has 0 aliphatic rings. The van der Waals surface area contributed by atoms with Crippen LogP contribution in [-0.4, -0.2) is 32.5 Å². The Kier molecular flexibility index (Phi) is 5.28. The molecule has 0 spiro atoms. The van der Waals surface area contributed by atoms with Crippen LogP contribution in [0, 0.1) is 0 Å². The van der Waals surface area contributed by atoms with Gasteiger partial charge in [0.1, 0.15) is 0 Å². The van der Waals surface area contributed by atoms with Crippen molar-refractivity contribution in [1.82, 2.24) is 4.90 Å². The number of halogens is 1. The highest BCUT2D eigenvalue weighted by Gasteiger charge is 2.15. The SMILES string of the molecule is CN(Cc1ccccc1)C(=O)c1ccc(Cl)c(NS(C)(=O)=O)c1. The molecule has 0 fully saturated rings. The maximum absolute atomic E-state index is 12.5. The number of hydrogen-bond donors (Lipinski definition) is 1. The van der Waals surface area contributed by atoms with E-state index in [1.54, 1.807) is 18.0 Å². The lowest BCUT2D eigenvalue weighted by Crippen LogP contribution is -2.26. The number of amides is 1. The summed E-state index contributed by atoms with van der Waals surface area (Å²) in [6.07, 6.45) is 1.03. The zero-order valence-electron chi connectivity index (χ0n) is 12.8. The number of rotatable bonds is 5. The fourth-order valence-electron chi connectivity index (χ4n) is 2.09. The van der Waals surface area contributed by atoms with Crippen molar-refractivity contribution in [3.8, 4) is 0 Å². The maximum atomic E-state index is 12.5. The molecule has 0 atom stereocenters. The van der Waals surface area contributed by atoms with Gasteiger partial charge in [0.15, 0.2) is 0 Å². The average molecular weight is 353 g/mol. The maximum Gasteiger partial charge on any atom is 0.253 e. The predicted molar refractivity (Wildman–Crippen MR) is 92.2 cm³/mol. The first-order valence-electron chi connectivity index (χ1n) is 6.83. The van der Waals surface area contributed by atoms with E-state index in [0.29, 0.717) is 12.1 Å². The lowest BCUT2D eigenvalue weighted by Gasteiger charge is -2.18. The Labute approximate surface area is 140 Å². The monoisotopic (exact) mass is 352 g/mol. The van der Waals surface area contributed by atoms with Crippen LogP contribution in [0.2, 0.25) is 5.02 Å². The summed E-state index contributed by atoms with van der Waals surface area (Å²) in [6.45, 7) is 0.455. The van der Waals surface area contributed by atoms with E-state index in [2.05, 4.69) is 4.72 Å². The zero-order valence-corrected chi connectivity index (χ0v) is 14.4. The second kappa shape index (κ2) is 7.02. The molecule has 0 heterocycles. The molecule has 0 aromatic heterocycles. The molecule has 23 heavy (non-hydrogen) atoms. The molecule has 0 aliphatic heterocycles. The molecule has 5 nitrogen and oxygen atoms in total. The van der Waals surface area contributed by atoms with Crippen LogP contribution in [0.5, 0.6) is 0 Å². The van der Waals surface area contributed by atoms with Gasteiger partial charge >= 0.3 is 0 Å². The largest absolute Gasteiger partial charge is 0.337 e. The molecule has 0 bridgehead atoms. The molecule has 0 saturated heterocycles. The van der Waals surface area contributed by atoms with Crippen LogP contribution >= 0.6 is 11.6 Å². The minimum Gasteiger partial charge on any atom is -0.337 e. The van der Waals surface area contributed by atoms with Gasteiger partial charge in [-0.25, -0.2) is 8.42 Å². The molecule has 0 saturated carbocycles. The standard InChI is InChI=1S/C16H17ClN2O3S/c1-19(11-12-6-4-3-5-7-12)16(20)13-8-9-14(17)15(10-13)18-23(2,21)22/h3-10,18H,11H2,1-2H3. The Balaban J connectivity index is 2.20. The Morgan fingerprint density at radius 2 is 1.83 bits per heavy atom. The van der Waals surface area contributed by atoms with Crippen LogP contribution < -0.4 is 4.72 Å². The number of anilines is 1. The fraction of sp³-hybridized carbons (Fsp3) is 0.188. The number of benzene rings is 2.